The standard InChI is InChI=1S/C22H24N2O/c1-25-21-13-6-5-11-19(21)17-24-16-8-15-23-14-7-12-20(23)22(24)18-9-3-2-4-10-18/h2-7,9-14,22H,8,15-17H2,1H3/t22-/m1/s1. The molecule has 25 heavy (non-hydrogen) atoms. The zero-order valence-corrected chi connectivity index (χ0v) is 14.6. The predicted molar refractivity (Wildman–Crippen MR) is 101 cm³/mol. The van der Waals surface area contributed by atoms with Crippen LogP contribution in [0.25, 0.3) is 0 Å². The van der Waals surface area contributed by atoms with Crippen molar-refractivity contribution >= 4 is 0 Å². The van der Waals surface area contributed by atoms with Gasteiger partial charge >= 0.3 is 0 Å². The molecule has 4 rings (SSSR count). The Balaban J connectivity index is 1.74. The van der Waals surface area contributed by atoms with E-state index in [-0.39, 0.29) is 6.04 Å². The minimum absolute atomic E-state index is 0.267. The molecule has 0 unspecified atom stereocenters. The van der Waals surface area contributed by atoms with Crippen molar-refractivity contribution in [3.8, 4) is 5.75 Å². The van der Waals surface area contributed by atoms with Crippen LogP contribution >= 0.6 is 0 Å². The van der Waals surface area contributed by atoms with Crippen LogP contribution in [0.5, 0.6) is 5.75 Å². The smallest absolute Gasteiger partial charge is 0.123 e. The maximum Gasteiger partial charge on any atom is 0.123 e. The van der Waals surface area contributed by atoms with Crippen molar-refractivity contribution in [2.45, 2.75) is 25.6 Å². The van der Waals surface area contributed by atoms with Crippen LogP contribution in [0.2, 0.25) is 0 Å². The van der Waals surface area contributed by atoms with E-state index in [1.807, 2.05) is 12.1 Å². The highest BCUT2D eigenvalue weighted by Gasteiger charge is 2.27. The third kappa shape index (κ3) is 3.20. The van der Waals surface area contributed by atoms with Crippen LogP contribution in [0.4, 0.5) is 0 Å². The van der Waals surface area contributed by atoms with Crippen molar-refractivity contribution in [3.63, 3.8) is 0 Å². The first-order valence-corrected chi connectivity index (χ1v) is 8.93. The number of para-hydroxylation sites is 1. The molecule has 3 nitrogen and oxygen atoms in total. The zero-order chi connectivity index (χ0) is 17.1. The molecular formula is C22H24N2O. The summed E-state index contributed by atoms with van der Waals surface area (Å²) in [6.07, 6.45) is 3.36. The summed E-state index contributed by atoms with van der Waals surface area (Å²) in [5, 5.41) is 0. The van der Waals surface area contributed by atoms with Crippen LogP contribution in [-0.4, -0.2) is 23.1 Å². The van der Waals surface area contributed by atoms with E-state index in [1.165, 1.54) is 16.8 Å². The van der Waals surface area contributed by atoms with Crippen molar-refractivity contribution in [3.05, 3.63) is 89.7 Å². The molecule has 0 fully saturated rings. The van der Waals surface area contributed by atoms with Gasteiger partial charge in [0.15, 0.2) is 0 Å². The third-order valence-electron chi connectivity index (χ3n) is 5.04. The van der Waals surface area contributed by atoms with Crippen molar-refractivity contribution in [1.29, 1.82) is 0 Å². The molecule has 1 atom stereocenters. The van der Waals surface area contributed by atoms with Gasteiger partial charge in [-0.2, -0.15) is 0 Å². The lowest BCUT2D eigenvalue weighted by atomic mass is 10.0. The molecular weight excluding hydrogens is 308 g/mol. The number of hydrogen-bond donors (Lipinski definition) is 0. The maximum atomic E-state index is 5.58. The molecule has 3 heteroatoms. The van der Waals surface area contributed by atoms with Gasteiger partial charge in [0.1, 0.15) is 5.75 Å². The average Bonchev–Trinajstić information content (AvgIpc) is 3.04. The van der Waals surface area contributed by atoms with Gasteiger partial charge in [0.25, 0.3) is 0 Å². The van der Waals surface area contributed by atoms with Crippen LogP contribution in [0.1, 0.15) is 29.3 Å². The van der Waals surface area contributed by atoms with Gasteiger partial charge in [-0.05, 0) is 30.2 Å². The van der Waals surface area contributed by atoms with Gasteiger partial charge in [0.05, 0.1) is 13.2 Å². The summed E-state index contributed by atoms with van der Waals surface area (Å²) in [5.41, 5.74) is 3.96. The van der Waals surface area contributed by atoms with Gasteiger partial charge in [-0.1, -0.05) is 48.5 Å². The molecule has 0 aliphatic carbocycles. The molecule has 128 valence electrons. The molecule has 2 heterocycles. The monoisotopic (exact) mass is 332 g/mol. The summed E-state index contributed by atoms with van der Waals surface area (Å²) in [6.45, 7) is 3.03. The Morgan fingerprint density at radius 2 is 1.72 bits per heavy atom. The highest BCUT2D eigenvalue weighted by molar-refractivity contribution is 5.35. The predicted octanol–water partition coefficient (Wildman–Crippen LogP) is 4.49. The Bertz CT molecular complexity index is 825. The number of aryl methyl sites for hydroxylation is 1. The van der Waals surface area contributed by atoms with Crippen molar-refractivity contribution in [2.75, 3.05) is 13.7 Å². The minimum Gasteiger partial charge on any atom is -0.496 e. The zero-order valence-electron chi connectivity index (χ0n) is 14.6. The Morgan fingerprint density at radius 3 is 2.56 bits per heavy atom. The third-order valence-corrected chi connectivity index (χ3v) is 5.04. The summed E-state index contributed by atoms with van der Waals surface area (Å²) in [5.74, 6) is 0.967. The number of methoxy groups -OCH3 is 1. The Labute approximate surface area is 149 Å². The Hall–Kier alpha value is -2.52. The fraction of sp³-hybridized carbons (Fsp3) is 0.273. The highest BCUT2D eigenvalue weighted by atomic mass is 16.5. The number of ether oxygens (including phenoxy) is 1. The molecule has 0 radical (unpaired) electrons. The van der Waals surface area contributed by atoms with E-state index in [0.717, 1.165) is 31.8 Å². The largest absolute Gasteiger partial charge is 0.496 e. The summed E-state index contributed by atoms with van der Waals surface area (Å²) >= 11 is 0. The quantitative estimate of drug-likeness (QED) is 0.700. The van der Waals surface area contributed by atoms with Crippen LogP contribution in [0.3, 0.4) is 0 Å². The second kappa shape index (κ2) is 7.16. The molecule has 0 spiro atoms. The van der Waals surface area contributed by atoms with E-state index in [4.69, 9.17) is 4.74 Å². The Kier molecular flexibility index (Phi) is 4.57. The fourth-order valence-corrected chi connectivity index (χ4v) is 3.88. The van der Waals surface area contributed by atoms with Gasteiger partial charge in [-0.25, -0.2) is 0 Å². The number of benzene rings is 2. The molecule has 0 saturated heterocycles. The molecule has 1 aliphatic heterocycles. The number of aromatic nitrogens is 1. The van der Waals surface area contributed by atoms with Gasteiger partial charge in [0.2, 0.25) is 0 Å². The van der Waals surface area contributed by atoms with Gasteiger partial charge in [-0.3, -0.25) is 4.90 Å². The first-order valence-electron chi connectivity index (χ1n) is 8.93. The molecule has 3 aromatic rings. The van der Waals surface area contributed by atoms with Gasteiger partial charge in [0, 0.05) is 37.1 Å². The summed E-state index contributed by atoms with van der Waals surface area (Å²) in [6, 6.07) is 23.9. The normalized spacial score (nSPS) is 17.7. The van der Waals surface area contributed by atoms with E-state index >= 15 is 0 Å². The van der Waals surface area contributed by atoms with E-state index < -0.39 is 0 Å². The molecule has 0 saturated carbocycles. The van der Waals surface area contributed by atoms with Crippen molar-refractivity contribution in [2.24, 2.45) is 0 Å². The van der Waals surface area contributed by atoms with Crippen LogP contribution in [-0.2, 0) is 13.1 Å². The minimum atomic E-state index is 0.267. The second-order valence-corrected chi connectivity index (χ2v) is 6.58. The lowest BCUT2D eigenvalue weighted by Crippen LogP contribution is -2.29. The number of fused-ring (bicyclic) bond motifs is 1. The second-order valence-electron chi connectivity index (χ2n) is 6.58. The number of hydrogen-bond acceptors (Lipinski definition) is 2. The molecule has 1 aliphatic rings. The number of rotatable bonds is 4. The average molecular weight is 332 g/mol. The molecule has 0 amide bonds. The van der Waals surface area contributed by atoms with Crippen LogP contribution in [0, 0.1) is 0 Å². The lowest BCUT2D eigenvalue weighted by molar-refractivity contribution is 0.217. The van der Waals surface area contributed by atoms with Crippen LogP contribution < -0.4 is 4.74 Å². The fourth-order valence-electron chi connectivity index (χ4n) is 3.88. The first kappa shape index (κ1) is 16.0. The molecule has 1 aromatic heterocycles. The first-order chi connectivity index (χ1) is 12.4. The van der Waals surface area contributed by atoms with Gasteiger partial charge in [-0.15, -0.1) is 0 Å². The van der Waals surface area contributed by atoms with Crippen LogP contribution in [0.15, 0.2) is 72.9 Å². The maximum absolute atomic E-state index is 5.58. The molecule has 0 N–H and O–H groups in total. The molecule has 0 bridgehead atoms. The van der Waals surface area contributed by atoms with E-state index in [9.17, 15) is 0 Å². The highest BCUT2D eigenvalue weighted by Crippen LogP contribution is 2.34. The van der Waals surface area contributed by atoms with Gasteiger partial charge < -0.3 is 9.30 Å². The molecule has 2 aromatic carbocycles. The topological polar surface area (TPSA) is 17.4 Å². The van der Waals surface area contributed by atoms with E-state index in [2.05, 4.69) is 70.3 Å². The number of nitrogens with zero attached hydrogens (tertiary/aromatic N) is 2. The van der Waals surface area contributed by atoms with E-state index in [0.29, 0.717) is 0 Å². The summed E-state index contributed by atoms with van der Waals surface area (Å²) in [4.78, 5) is 2.58. The SMILES string of the molecule is COc1ccccc1CN1CCCn2cccc2[C@H]1c1ccccc1. The van der Waals surface area contributed by atoms with E-state index in [1.54, 1.807) is 7.11 Å². The summed E-state index contributed by atoms with van der Waals surface area (Å²) < 4.78 is 7.98. The lowest BCUT2D eigenvalue weighted by Gasteiger charge is -2.31. The van der Waals surface area contributed by atoms with Crippen molar-refractivity contribution in [1.82, 2.24) is 9.47 Å². The van der Waals surface area contributed by atoms with Crippen molar-refractivity contribution < 1.29 is 4.74 Å². The summed E-state index contributed by atoms with van der Waals surface area (Å²) in [7, 11) is 1.75. The Morgan fingerprint density at radius 1 is 0.920 bits per heavy atom.